The summed E-state index contributed by atoms with van der Waals surface area (Å²) in [7, 11) is 3.11. The van der Waals surface area contributed by atoms with Gasteiger partial charge in [-0.25, -0.2) is 0 Å². The Morgan fingerprint density at radius 3 is 2.58 bits per heavy atom. The first kappa shape index (κ1) is 18.2. The predicted octanol–water partition coefficient (Wildman–Crippen LogP) is 4.18. The summed E-state index contributed by atoms with van der Waals surface area (Å²) in [6.07, 6.45) is 0.970. The zero-order valence-corrected chi connectivity index (χ0v) is 16.2. The van der Waals surface area contributed by atoms with Gasteiger partial charge in [0.1, 0.15) is 0 Å². The number of thiazole rings is 1. The zero-order chi connectivity index (χ0) is 18.7. The molecule has 0 unspecified atom stereocenters. The number of amides is 1. The Balaban J connectivity index is 2.09. The fourth-order valence-corrected chi connectivity index (χ4v) is 3.98. The first-order chi connectivity index (χ1) is 12.6. The molecule has 2 aromatic carbocycles. The van der Waals surface area contributed by atoms with E-state index in [1.54, 1.807) is 32.4 Å². The van der Waals surface area contributed by atoms with Gasteiger partial charge in [-0.05, 0) is 49.2 Å². The summed E-state index contributed by atoms with van der Waals surface area (Å²) in [5, 5.41) is 0. The van der Waals surface area contributed by atoms with Crippen LogP contribution in [0.15, 0.2) is 41.4 Å². The van der Waals surface area contributed by atoms with Crippen LogP contribution >= 0.6 is 11.3 Å². The van der Waals surface area contributed by atoms with E-state index in [0.717, 1.165) is 23.2 Å². The molecule has 0 aliphatic rings. The van der Waals surface area contributed by atoms with Gasteiger partial charge in [-0.15, -0.1) is 0 Å². The van der Waals surface area contributed by atoms with Crippen molar-refractivity contribution in [2.75, 3.05) is 14.2 Å². The van der Waals surface area contributed by atoms with E-state index in [-0.39, 0.29) is 5.91 Å². The molecule has 0 spiro atoms. The topological polar surface area (TPSA) is 52.8 Å². The third-order valence-electron chi connectivity index (χ3n) is 4.11. The van der Waals surface area contributed by atoms with E-state index in [0.29, 0.717) is 21.9 Å². The number of carbonyl (C=O) groups excluding carboxylic acids is 1. The van der Waals surface area contributed by atoms with Crippen molar-refractivity contribution in [3.63, 3.8) is 0 Å². The van der Waals surface area contributed by atoms with Gasteiger partial charge in [-0.3, -0.25) is 4.79 Å². The summed E-state index contributed by atoms with van der Waals surface area (Å²) in [5.41, 5.74) is 2.78. The van der Waals surface area contributed by atoms with Crippen LogP contribution in [0.3, 0.4) is 0 Å². The molecule has 0 saturated carbocycles. The minimum atomic E-state index is -0.293. The SMILES string of the molecule is CCCn1c(=NC(=O)c2ccc(OC)c(OC)c2)sc2cc(C)ccc21. The quantitative estimate of drug-likeness (QED) is 0.677. The van der Waals surface area contributed by atoms with Gasteiger partial charge < -0.3 is 14.0 Å². The number of aryl methyl sites for hydroxylation is 2. The van der Waals surface area contributed by atoms with Crippen LogP contribution in [0.25, 0.3) is 10.2 Å². The molecule has 0 N–H and O–H groups in total. The first-order valence-electron chi connectivity index (χ1n) is 8.48. The second-order valence-electron chi connectivity index (χ2n) is 5.99. The normalized spacial score (nSPS) is 11.8. The lowest BCUT2D eigenvalue weighted by molar-refractivity contribution is 0.0997. The van der Waals surface area contributed by atoms with Crippen molar-refractivity contribution in [2.24, 2.45) is 4.99 Å². The third kappa shape index (κ3) is 3.51. The number of nitrogens with zero attached hydrogens (tertiary/aromatic N) is 2. The Hall–Kier alpha value is -2.60. The van der Waals surface area contributed by atoms with Crippen LogP contribution in [-0.2, 0) is 6.54 Å². The summed E-state index contributed by atoms with van der Waals surface area (Å²) < 4.78 is 13.7. The van der Waals surface area contributed by atoms with Crippen molar-refractivity contribution >= 4 is 27.5 Å². The lowest BCUT2D eigenvalue weighted by Gasteiger charge is -2.07. The fraction of sp³-hybridized carbons (Fsp3) is 0.300. The highest BCUT2D eigenvalue weighted by Gasteiger charge is 2.12. The van der Waals surface area contributed by atoms with E-state index in [4.69, 9.17) is 9.47 Å². The van der Waals surface area contributed by atoms with Gasteiger partial charge in [0.2, 0.25) is 0 Å². The number of carbonyl (C=O) groups is 1. The molecule has 136 valence electrons. The molecule has 0 atom stereocenters. The van der Waals surface area contributed by atoms with Crippen LogP contribution < -0.4 is 14.3 Å². The highest BCUT2D eigenvalue weighted by atomic mass is 32.1. The van der Waals surface area contributed by atoms with Crippen LogP contribution in [0.4, 0.5) is 0 Å². The van der Waals surface area contributed by atoms with Gasteiger partial charge in [0.15, 0.2) is 16.3 Å². The molecule has 0 fully saturated rings. The van der Waals surface area contributed by atoms with Crippen molar-refractivity contribution in [2.45, 2.75) is 26.8 Å². The number of hydrogen-bond acceptors (Lipinski definition) is 4. The summed E-state index contributed by atoms with van der Waals surface area (Å²) in [6.45, 7) is 5.00. The number of ether oxygens (including phenoxy) is 2. The molecule has 0 bridgehead atoms. The highest BCUT2D eigenvalue weighted by Crippen LogP contribution is 2.28. The Bertz CT molecular complexity index is 1020. The molecule has 3 aromatic rings. The third-order valence-corrected chi connectivity index (χ3v) is 5.15. The summed E-state index contributed by atoms with van der Waals surface area (Å²) in [4.78, 5) is 17.8. The molecule has 0 aliphatic heterocycles. The monoisotopic (exact) mass is 370 g/mol. The average Bonchev–Trinajstić information content (AvgIpc) is 2.97. The minimum absolute atomic E-state index is 0.293. The number of rotatable bonds is 5. The molecule has 1 aromatic heterocycles. The lowest BCUT2D eigenvalue weighted by atomic mass is 10.2. The number of aromatic nitrogens is 1. The number of hydrogen-bond donors (Lipinski definition) is 0. The minimum Gasteiger partial charge on any atom is -0.493 e. The van der Waals surface area contributed by atoms with Crippen LogP contribution in [0, 0.1) is 6.92 Å². The van der Waals surface area contributed by atoms with E-state index in [2.05, 4.69) is 41.6 Å². The van der Waals surface area contributed by atoms with Crippen molar-refractivity contribution in [3.8, 4) is 11.5 Å². The fourth-order valence-electron chi connectivity index (χ4n) is 2.83. The molecule has 1 amide bonds. The number of benzene rings is 2. The molecule has 0 aliphatic carbocycles. The standard InChI is InChI=1S/C20H22N2O3S/c1-5-10-22-15-8-6-13(2)11-18(15)26-20(22)21-19(23)14-7-9-16(24-3)17(12-14)25-4/h6-9,11-12H,5,10H2,1-4H3. The van der Waals surface area contributed by atoms with Gasteiger partial charge >= 0.3 is 0 Å². The highest BCUT2D eigenvalue weighted by molar-refractivity contribution is 7.16. The van der Waals surface area contributed by atoms with E-state index in [9.17, 15) is 4.79 Å². The summed E-state index contributed by atoms with van der Waals surface area (Å²) >= 11 is 1.54. The van der Waals surface area contributed by atoms with E-state index in [1.807, 2.05) is 0 Å². The Labute approximate surface area is 156 Å². The van der Waals surface area contributed by atoms with Crippen molar-refractivity contribution < 1.29 is 14.3 Å². The van der Waals surface area contributed by atoms with Crippen molar-refractivity contribution in [1.82, 2.24) is 4.57 Å². The molecule has 0 saturated heterocycles. The Kier molecular flexibility index (Phi) is 5.42. The van der Waals surface area contributed by atoms with Crippen molar-refractivity contribution in [1.29, 1.82) is 0 Å². The largest absolute Gasteiger partial charge is 0.493 e. The maximum absolute atomic E-state index is 12.7. The van der Waals surface area contributed by atoms with Gasteiger partial charge in [0.05, 0.1) is 24.4 Å². The second kappa shape index (κ2) is 7.74. The zero-order valence-electron chi connectivity index (χ0n) is 15.4. The molecular weight excluding hydrogens is 348 g/mol. The van der Waals surface area contributed by atoms with Crippen molar-refractivity contribution in [3.05, 3.63) is 52.3 Å². The Morgan fingerprint density at radius 2 is 1.88 bits per heavy atom. The predicted molar refractivity (Wildman–Crippen MR) is 104 cm³/mol. The average molecular weight is 370 g/mol. The molecule has 26 heavy (non-hydrogen) atoms. The molecule has 1 heterocycles. The molecular formula is C20H22N2O3S. The second-order valence-corrected chi connectivity index (χ2v) is 7.00. The van der Waals surface area contributed by atoms with Gasteiger partial charge in [-0.2, -0.15) is 4.99 Å². The lowest BCUT2D eigenvalue weighted by Crippen LogP contribution is -2.16. The van der Waals surface area contributed by atoms with Crippen LogP contribution in [0.5, 0.6) is 11.5 Å². The van der Waals surface area contributed by atoms with E-state index in [1.165, 1.54) is 16.9 Å². The summed E-state index contributed by atoms with van der Waals surface area (Å²) in [5.74, 6) is 0.809. The summed E-state index contributed by atoms with van der Waals surface area (Å²) in [6, 6.07) is 11.4. The maximum atomic E-state index is 12.7. The van der Waals surface area contributed by atoms with Gasteiger partial charge in [-0.1, -0.05) is 24.3 Å². The molecule has 5 nitrogen and oxygen atoms in total. The number of fused-ring (bicyclic) bond motifs is 1. The van der Waals surface area contributed by atoms with Crippen LogP contribution in [-0.4, -0.2) is 24.7 Å². The molecule has 0 radical (unpaired) electrons. The smallest absolute Gasteiger partial charge is 0.279 e. The Morgan fingerprint density at radius 1 is 1.12 bits per heavy atom. The van der Waals surface area contributed by atoms with E-state index >= 15 is 0 Å². The van der Waals surface area contributed by atoms with Gasteiger partial charge in [0.25, 0.3) is 5.91 Å². The van der Waals surface area contributed by atoms with Crippen LogP contribution in [0.2, 0.25) is 0 Å². The number of methoxy groups -OCH3 is 2. The molecule has 3 rings (SSSR count). The maximum Gasteiger partial charge on any atom is 0.279 e. The van der Waals surface area contributed by atoms with Gasteiger partial charge in [0, 0.05) is 12.1 Å². The van der Waals surface area contributed by atoms with E-state index < -0.39 is 0 Å². The van der Waals surface area contributed by atoms with Crippen LogP contribution in [0.1, 0.15) is 29.3 Å². The first-order valence-corrected chi connectivity index (χ1v) is 9.30. The molecule has 6 heteroatoms.